The van der Waals surface area contributed by atoms with Gasteiger partial charge < -0.3 is 10.1 Å². The second-order valence-corrected chi connectivity index (χ2v) is 5.05. The summed E-state index contributed by atoms with van der Waals surface area (Å²) in [6.45, 7) is 3.04. The van der Waals surface area contributed by atoms with Gasteiger partial charge in [0, 0.05) is 4.47 Å². The summed E-state index contributed by atoms with van der Waals surface area (Å²) in [6, 6.07) is 2.13. The molecule has 0 aliphatic heterocycles. The third-order valence-corrected chi connectivity index (χ3v) is 3.01. The number of rotatable bonds is 4. The molecule has 0 aliphatic rings. The molecule has 0 radical (unpaired) electrons. The lowest BCUT2D eigenvalue weighted by atomic mass is 10.1. The van der Waals surface area contributed by atoms with Gasteiger partial charge in [-0.05, 0) is 32.0 Å². The van der Waals surface area contributed by atoms with E-state index < -0.39 is 35.2 Å². The van der Waals surface area contributed by atoms with E-state index in [0.29, 0.717) is 0 Å². The van der Waals surface area contributed by atoms with Gasteiger partial charge in [-0.15, -0.1) is 0 Å². The summed E-state index contributed by atoms with van der Waals surface area (Å²) in [7, 11) is 0. The SMILES string of the molecule is CCOC(=O)C(C)NC(=O)c1ccc(Br)cc1C(F)(F)F. The van der Waals surface area contributed by atoms with Crippen LogP contribution in [0.15, 0.2) is 22.7 Å². The Balaban J connectivity index is 3.00. The van der Waals surface area contributed by atoms with Gasteiger partial charge in [0.15, 0.2) is 0 Å². The summed E-state index contributed by atoms with van der Waals surface area (Å²) < 4.78 is 43.6. The molecule has 1 aromatic rings. The zero-order valence-electron chi connectivity index (χ0n) is 11.3. The highest BCUT2D eigenvalue weighted by molar-refractivity contribution is 9.10. The maximum atomic E-state index is 12.9. The van der Waals surface area contributed by atoms with Crippen LogP contribution in [0.2, 0.25) is 0 Å². The molecule has 8 heteroatoms. The molecule has 116 valence electrons. The van der Waals surface area contributed by atoms with Crippen LogP contribution in [0.5, 0.6) is 0 Å². The lowest BCUT2D eigenvalue weighted by molar-refractivity contribution is -0.144. The van der Waals surface area contributed by atoms with Gasteiger partial charge in [-0.3, -0.25) is 4.79 Å². The van der Waals surface area contributed by atoms with Gasteiger partial charge in [-0.2, -0.15) is 13.2 Å². The van der Waals surface area contributed by atoms with Crippen molar-refractivity contribution >= 4 is 27.8 Å². The van der Waals surface area contributed by atoms with Gasteiger partial charge >= 0.3 is 12.1 Å². The number of amides is 1. The molecule has 1 atom stereocenters. The maximum Gasteiger partial charge on any atom is 0.417 e. The van der Waals surface area contributed by atoms with E-state index in [9.17, 15) is 22.8 Å². The van der Waals surface area contributed by atoms with E-state index in [1.54, 1.807) is 6.92 Å². The number of carbonyl (C=O) groups excluding carboxylic acids is 2. The average Bonchev–Trinajstić information content (AvgIpc) is 2.37. The third-order valence-electron chi connectivity index (χ3n) is 2.52. The second kappa shape index (κ2) is 6.93. The molecule has 1 amide bonds. The molecular formula is C13H13BrF3NO3. The number of benzene rings is 1. The highest BCUT2D eigenvalue weighted by Crippen LogP contribution is 2.33. The zero-order chi connectivity index (χ0) is 16.2. The van der Waals surface area contributed by atoms with Crippen molar-refractivity contribution in [2.75, 3.05) is 6.61 Å². The Morgan fingerprint density at radius 1 is 1.38 bits per heavy atom. The Hall–Kier alpha value is -1.57. The van der Waals surface area contributed by atoms with Crippen molar-refractivity contribution < 1.29 is 27.5 Å². The fourth-order valence-electron chi connectivity index (χ4n) is 1.55. The van der Waals surface area contributed by atoms with Crippen LogP contribution >= 0.6 is 15.9 Å². The first-order chi connectivity index (χ1) is 9.66. The van der Waals surface area contributed by atoms with Gasteiger partial charge in [-0.1, -0.05) is 15.9 Å². The van der Waals surface area contributed by atoms with Crippen LogP contribution in [0.1, 0.15) is 29.8 Å². The molecule has 21 heavy (non-hydrogen) atoms. The Morgan fingerprint density at radius 3 is 2.52 bits per heavy atom. The first-order valence-corrected chi connectivity index (χ1v) is 6.80. The number of esters is 1. The van der Waals surface area contributed by atoms with Crippen molar-refractivity contribution in [3.8, 4) is 0 Å². The van der Waals surface area contributed by atoms with Crippen LogP contribution in [0.25, 0.3) is 0 Å². The molecule has 0 saturated heterocycles. The molecule has 0 heterocycles. The number of carbonyl (C=O) groups is 2. The van der Waals surface area contributed by atoms with Gasteiger partial charge in [0.2, 0.25) is 0 Å². The van der Waals surface area contributed by atoms with Crippen LogP contribution in [-0.4, -0.2) is 24.5 Å². The molecule has 4 nitrogen and oxygen atoms in total. The van der Waals surface area contributed by atoms with Crippen molar-refractivity contribution in [3.05, 3.63) is 33.8 Å². The fraction of sp³-hybridized carbons (Fsp3) is 0.385. The van der Waals surface area contributed by atoms with E-state index in [1.165, 1.54) is 13.0 Å². The molecule has 1 unspecified atom stereocenters. The second-order valence-electron chi connectivity index (χ2n) is 4.13. The van der Waals surface area contributed by atoms with Crippen molar-refractivity contribution in [2.24, 2.45) is 0 Å². The number of alkyl halides is 3. The van der Waals surface area contributed by atoms with E-state index in [4.69, 9.17) is 0 Å². The highest BCUT2D eigenvalue weighted by atomic mass is 79.9. The molecule has 1 aromatic carbocycles. The van der Waals surface area contributed by atoms with Crippen LogP contribution in [0.4, 0.5) is 13.2 Å². The largest absolute Gasteiger partial charge is 0.464 e. The Labute approximate surface area is 127 Å². The van der Waals surface area contributed by atoms with E-state index in [2.05, 4.69) is 26.0 Å². The molecule has 0 spiro atoms. The third kappa shape index (κ3) is 4.73. The predicted molar refractivity (Wildman–Crippen MR) is 72.7 cm³/mol. The fourth-order valence-corrected chi connectivity index (χ4v) is 1.91. The summed E-state index contributed by atoms with van der Waals surface area (Å²) in [5, 5.41) is 2.18. The minimum Gasteiger partial charge on any atom is -0.464 e. The summed E-state index contributed by atoms with van der Waals surface area (Å²) in [5.74, 6) is -1.70. The lowest BCUT2D eigenvalue weighted by Gasteiger charge is -2.16. The monoisotopic (exact) mass is 367 g/mol. The van der Waals surface area contributed by atoms with E-state index in [-0.39, 0.29) is 11.1 Å². The topological polar surface area (TPSA) is 55.4 Å². The number of halogens is 4. The van der Waals surface area contributed by atoms with Gasteiger partial charge in [0.1, 0.15) is 6.04 Å². The predicted octanol–water partition coefficient (Wildman–Crippen LogP) is 3.15. The van der Waals surface area contributed by atoms with Crippen LogP contribution in [0.3, 0.4) is 0 Å². The average molecular weight is 368 g/mol. The quantitative estimate of drug-likeness (QED) is 0.831. The molecule has 0 fully saturated rings. The van der Waals surface area contributed by atoms with Crippen LogP contribution in [0, 0.1) is 0 Å². The first-order valence-electron chi connectivity index (χ1n) is 6.01. The van der Waals surface area contributed by atoms with Crippen molar-refractivity contribution in [1.82, 2.24) is 5.32 Å². The first kappa shape index (κ1) is 17.5. The normalized spacial score (nSPS) is 12.7. The number of ether oxygens (including phenoxy) is 1. The number of hydrogen-bond donors (Lipinski definition) is 1. The summed E-state index contributed by atoms with van der Waals surface area (Å²) >= 11 is 2.93. The maximum absolute atomic E-state index is 12.9. The van der Waals surface area contributed by atoms with E-state index in [1.807, 2.05) is 0 Å². The minimum absolute atomic E-state index is 0.116. The van der Waals surface area contributed by atoms with Crippen LogP contribution in [-0.2, 0) is 15.7 Å². The van der Waals surface area contributed by atoms with Gasteiger partial charge in [0.25, 0.3) is 5.91 Å². The Kier molecular flexibility index (Phi) is 5.77. The molecule has 0 saturated carbocycles. The van der Waals surface area contributed by atoms with Crippen molar-refractivity contribution in [2.45, 2.75) is 26.1 Å². The standard InChI is InChI=1S/C13H13BrF3NO3/c1-3-21-12(20)7(2)18-11(19)9-5-4-8(14)6-10(9)13(15,16)17/h4-7H,3H2,1-2H3,(H,18,19). The Bertz CT molecular complexity index is 546. The zero-order valence-corrected chi connectivity index (χ0v) is 12.8. The van der Waals surface area contributed by atoms with E-state index in [0.717, 1.165) is 12.1 Å². The molecule has 0 bridgehead atoms. The van der Waals surface area contributed by atoms with Crippen LogP contribution < -0.4 is 5.32 Å². The van der Waals surface area contributed by atoms with E-state index >= 15 is 0 Å². The smallest absolute Gasteiger partial charge is 0.417 e. The van der Waals surface area contributed by atoms with Gasteiger partial charge in [0.05, 0.1) is 17.7 Å². The molecule has 1 N–H and O–H groups in total. The number of nitrogens with one attached hydrogen (secondary N) is 1. The highest BCUT2D eigenvalue weighted by Gasteiger charge is 2.35. The van der Waals surface area contributed by atoms with Crippen molar-refractivity contribution in [3.63, 3.8) is 0 Å². The van der Waals surface area contributed by atoms with Crippen molar-refractivity contribution in [1.29, 1.82) is 0 Å². The molecule has 0 aromatic heterocycles. The Morgan fingerprint density at radius 2 is 2.00 bits per heavy atom. The minimum atomic E-state index is -4.68. The molecule has 0 aliphatic carbocycles. The summed E-state index contributed by atoms with van der Waals surface area (Å²) in [4.78, 5) is 23.3. The molecular weight excluding hydrogens is 355 g/mol. The van der Waals surface area contributed by atoms with Gasteiger partial charge in [-0.25, -0.2) is 4.79 Å². The summed E-state index contributed by atoms with van der Waals surface area (Å²) in [5.41, 5.74) is -1.63. The lowest BCUT2D eigenvalue weighted by Crippen LogP contribution is -2.40. The number of hydrogen-bond acceptors (Lipinski definition) is 3. The molecule has 1 rings (SSSR count). The summed E-state index contributed by atoms with van der Waals surface area (Å²) in [6.07, 6.45) is -4.68.